The second-order valence-corrected chi connectivity index (χ2v) is 4.97. The summed E-state index contributed by atoms with van der Waals surface area (Å²) in [4.78, 5) is 17.8. The number of carbonyl (C=O) groups is 1. The fourth-order valence-corrected chi connectivity index (χ4v) is 1.86. The van der Waals surface area contributed by atoms with Crippen molar-refractivity contribution in [2.45, 2.75) is 39.8 Å². The van der Waals surface area contributed by atoms with E-state index in [-0.39, 0.29) is 18.0 Å². The Labute approximate surface area is 101 Å². The lowest BCUT2D eigenvalue weighted by molar-refractivity contribution is -0.136. The molecule has 0 saturated heterocycles. The molecule has 1 aromatic rings. The van der Waals surface area contributed by atoms with Gasteiger partial charge in [-0.15, -0.1) is 0 Å². The summed E-state index contributed by atoms with van der Waals surface area (Å²) in [7, 11) is 0. The van der Waals surface area contributed by atoms with Gasteiger partial charge < -0.3 is 9.47 Å². The van der Waals surface area contributed by atoms with Gasteiger partial charge in [0.05, 0.1) is 0 Å². The molecule has 1 heterocycles. The van der Waals surface area contributed by atoms with E-state index in [4.69, 9.17) is 11.6 Å². The molecule has 0 spiro atoms. The topological polar surface area (TPSA) is 38.1 Å². The van der Waals surface area contributed by atoms with Crippen molar-refractivity contribution in [1.29, 1.82) is 0 Å². The Hall–Kier alpha value is -1.03. The second-order valence-electron chi connectivity index (χ2n) is 4.63. The zero-order valence-electron chi connectivity index (χ0n) is 10.2. The zero-order valence-corrected chi connectivity index (χ0v) is 11.0. The summed E-state index contributed by atoms with van der Waals surface area (Å²) in [6.45, 7) is 8.95. The van der Waals surface area contributed by atoms with E-state index < -0.39 is 0 Å². The Balaban J connectivity index is 2.75. The predicted octanol–water partition coefficient (Wildman–Crippen LogP) is 2.18. The van der Waals surface area contributed by atoms with E-state index >= 15 is 0 Å². The van der Waals surface area contributed by atoms with Crippen molar-refractivity contribution >= 4 is 17.5 Å². The van der Waals surface area contributed by atoms with Crippen LogP contribution in [0.1, 0.15) is 27.7 Å². The highest BCUT2D eigenvalue weighted by molar-refractivity contribution is 6.28. The number of nitrogens with zero attached hydrogens (tertiary/aromatic N) is 3. The molecular formula is C11H18ClN3O. The van der Waals surface area contributed by atoms with E-state index in [1.807, 2.05) is 32.6 Å². The minimum absolute atomic E-state index is 0.0508. The lowest BCUT2D eigenvalue weighted by atomic mass is 10.1. The van der Waals surface area contributed by atoms with Crippen molar-refractivity contribution in [2.24, 2.45) is 0 Å². The lowest BCUT2D eigenvalue weighted by Crippen LogP contribution is -2.46. The average molecular weight is 244 g/mol. The number of likely N-dealkylation sites (N-methyl/N-ethyl adjacent to an activating group) is 1. The second kappa shape index (κ2) is 4.87. The van der Waals surface area contributed by atoms with E-state index in [0.717, 1.165) is 0 Å². The third-order valence-corrected chi connectivity index (χ3v) is 2.71. The number of rotatable bonds is 3. The average Bonchev–Trinajstić information content (AvgIpc) is 2.50. The van der Waals surface area contributed by atoms with Crippen LogP contribution in [0.2, 0.25) is 5.28 Å². The van der Waals surface area contributed by atoms with E-state index in [2.05, 4.69) is 4.98 Å². The first-order valence-corrected chi connectivity index (χ1v) is 5.71. The highest BCUT2D eigenvalue weighted by Crippen LogP contribution is 2.14. The van der Waals surface area contributed by atoms with Gasteiger partial charge >= 0.3 is 0 Å². The molecule has 0 aliphatic rings. The van der Waals surface area contributed by atoms with Gasteiger partial charge in [0.15, 0.2) is 0 Å². The summed E-state index contributed by atoms with van der Waals surface area (Å²) in [5, 5.41) is 0.346. The molecule has 0 aliphatic carbocycles. The van der Waals surface area contributed by atoms with E-state index in [1.54, 1.807) is 17.0 Å². The molecule has 5 heteroatoms. The molecule has 1 rings (SSSR count). The summed E-state index contributed by atoms with van der Waals surface area (Å²) in [6.07, 6.45) is 3.29. The number of hydrogen-bond donors (Lipinski definition) is 0. The van der Waals surface area contributed by atoms with Crippen LogP contribution in [0.25, 0.3) is 0 Å². The Kier molecular flexibility index (Phi) is 3.97. The van der Waals surface area contributed by atoms with Crippen molar-refractivity contribution < 1.29 is 4.79 Å². The van der Waals surface area contributed by atoms with Crippen molar-refractivity contribution in [3.8, 4) is 0 Å². The van der Waals surface area contributed by atoms with Gasteiger partial charge in [0, 0.05) is 24.5 Å². The molecule has 0 saturated carbocycles. The molecule has 0 atom stereocenters. The van der Waals surface area contributed by atoms with Crippen molar-refractivity contribution in [3.63, 3.8) is 0 Å². The van der Waals surface area contributed by atoms with Crippen molar-refractivity contribution in [1.82, 2.24) is 14.5 Å². The largest absolute Gasteiger partial charge is 0.337 e. The van der Waals surface area contributed by atoms with Gasteiger partial charge in [0.1, 0.15) is 6.54 Å². The Bertz CT molecular complexity index is 368. The van der Waals surface area contributed by atoms with Crippen LogP contribution in [-0.2, 0) is 11.3 Å². The minimum Gasteiger partial charge on any atom is -0.337 e. The van der Waals surface area contributed by atoms with Gasteiger partial charge in [0.25, 0.3) is 0 Å². The monoisotopic (exact) mass is 243 g/mol. The highest BCUT2D eigenvalue weighted by atomic mass is 35.5. The van der Waals surface area contributed by atoms with Crippen LogP contribution < -0.4 is 0 Å². The molecule has 1 amide bonds. The van der Waals surface area contributed by atoms with Crippen molar-refractivity contribution in [2.75, 3.05) is 6.54 Å². The molecule has 0 unspecified atom stereocenters. The van der Waals surface area contributed by atoms with E-state index in [9.17, 15) is 4.79 Å². The smallest absolute Gasteiger partial charge is 0.243 e. The molecule has 4 nitrogen and oxygen atoms in total. The number of aromatic nitrogens is 2. The lowest BCUT2D eigenvalue weighted by Gasteiger charge is -2.35. The number of halogens is 1. The number of carbonyl (C=O) groups excluding carboxylic acids is 1. The van der Waals surface area contributed by atoms with E-state index in [1.165, 1.54) is 0 Å². The Morgan fingerprint density at radius 3 is 2.56 bits per heavy atom. The summed E-state index contributed by atoms with van der Waals surface area (Å²) >= 11 is 5.83. The molecule has 0 radical (unpaired) electrons. The van der Waals surface area contributed by atoms with E-state index in [0.29, 0.717) is 11.8 Å². The fourth-order valence-electron chi connectivity index (χ4n) is 1.68. The number of hydrogen-bond acceptors (Lipinski definition) is 2. The van der Waals surface area contributed by atoms with Crippen LogP contribution in [0.5, 0.6) is 0 Å². The molecule has 0 N–H and O–H groups in total. The predicted molar refractivity (Wildman–Crippen MR) is 64.4 cm³/mol. The van der Waals surface area contributed by atoms with Gasteiger partial charge in [-0.05, 0) is 39.3 Å². The molecule has 90 valence electrons. The normalized spacial score (nSPS) is 11.6. The quantitative estimate of drug-likeness (QED) is 0.816. The maximum Gasteiger partial charge on any atom is 0.243 e. The van der Waals surface area contributed by atoms with Crippen LogP contribution >= 0.6 is 11.6 Å². The van der Waals surface area contributed by atoms with Crippen LogP contribution in [-0.4, -0.2) is 32.4 Å². The van der Waals surface area contributed by atoms with Gasteiger partial charge in [0.2, 0.25) is 11.2 Å². The van der Waals surface area contributed by atoms with Crippen LogP contribution in [0.4, 0.5) is 0 Å². The summed E-state index contributed by atoms with van der Waals surface area (Å²) in [6, 6.07) is 0. The molecule has 0 aliphatic heterocycles. The third kappa shape index (κ3) is 2.98. The molecule has 0 aromatic carbocycles. The number of amides is 1. The molecule has 1 aromatic heterocycles. The van der Waals surface area contributed by atoms with Crippen molar-refractivity contribution in [3.05, 3.63) is 17.7 Å². The number of imidazole rings is 1. The van der Waals surface area contributed by atoms with Gasteiger partial charge in [-0.25, -0.2) is 4.98 Å². The van der Waals surface area contributed by atoms with Crippen LogP contribution in [0, 0.1) is 0 Å². The van der Waals surface area contributed by atoms with Gasteiger partial charge in [-0.3, -0.25) is 4.79 Å². The van der Waals surface area contributed by atoms with Crippen LogP contribution in [0.3, 0.4) is 0 Å². The molecule has 0 fully saturated rings. The van der Waals surface area contributed by atoms with Gasteiger partial charge in [-0.1, -0.05) is 0 Å². The standard InChI is InChI=1S/C11H18ClN3O/c1-5-15(11(2,3)4)9(16)8-14-7-6-13-10(14)12/h6-7H,5,8H2,1-4H3. The maximum absolute atomic E-state index is 12.1. The summed E-state index contributed by atoms with van der Waals surface area (Å²) in [5.74, 6) is 0.0508. The minimum atomic E-state index is -0.168. The first kappa shape index (κ1) is 13.0. The zero-order chi connectivity index (χ0) is 12.3. The first-order chi connectivity index (χ1) is 7.36. The molecule has 16 heavy (non-hydrogen) atoms. The Morgan fingerprint density at radius 2 is 2.19 bits per heavy atom. The Morgan fingerprint density at radius 1 is 1.56 bits per heavy atom. The maximum atomic E-state index is 12.1. The first-order valence-electron chi connectivity index (χ1n) is 5.33. The van der Waals surface area contributed by atoms with Gasteiger partial charge in [-0.2, -0.15) is 0 Å². The SMILES string of the molecule is CCN(C(=O)Cn1ccnc1Cl)C(C)(C)C. The third-order valence-electron chi connectivity index (χ3n) is 2.40. The van der Waals surface area contributed by atoms with Crippen LogP contribution in [0.15, 0.2) is 12.4 Å². The summed E-state index contributed by atoms with van der Waals surface area (Å²) in [5.41, 5.74) is -0.168. The highest BCUT2D eigenvalue weighted by Gasteiger charge is 2.24. The molecular weight excluding hydrogens is 226 g/mol. The fraction of sp³-hybridized carbons (Fsp3) is 0.636. The summed E-state index contributed by atoms with van der Waals surface area (Å²) < 4.78 is 1.64. The molecule has 0 bridgehead atoms.